The van der Waals surface area contributed by atoms with Gasteiger partial charge in [-0.2, -0.15) is 0 Å². The molecule has 1 heterocycles. The third-order valence-electron chi connectivity index (χ3n) is 6.28. The molecule has 3 aromatic rings. The maximum absolute atomic E-state index is 14.0. The summed E-state index contributed by atoms with van der Waals surface area (Å²) in [6.45, 7) is 2.57. The van der Waals surface area contributed by atoms with Crippen molar-refractivity contribution >= 4 is 35.3 Å². The molecule has 0 saturated heterocycles. The van der Waals surface area contributed by atoms with Crippen LogP contribution in [0.15, 0.2) is 71.6 Å². The first-order chi connectivity index (χ1) is 18.4. The predicted octanol–water partition coefficient (Wildman–Crippen LogP) is 4.85. The van der Waals surface area contributed by atoms with Crippen molar-refractivity contribution in [1.29, 1.82) is 0 Å². The fraction of sp³-hybridized carbons (Fsp3) is 0.276. The van der Waals surface area contributed by atoms with Gasteiger partial charge in [-0.05, 0) is 46.9 Å². The molecular weight excluding hydrogens is 503 g/mol. The average molecular weight is 535 g/mol. The molecule has 0 aromatic heterocycles. The number of rotatable bonds is 8. The highest BCUT2D eigenvalue weighted by atomic mass is 32.2. The summed E-state index contributed by atoms with van der Waals surface area (Å²) >= 11 is 1.37. The normalized spacial score (nSPS) is 14.9. The fourth-order valence-electron chi connectivity index (χ4n) is 4.33. The number of hydrogen-bond acceptors (Lipinski definition) is 4. The number of benzene rings is 3. The molecule has 4 rings (SSSR count). The molecule has 0 unspecified atom stereocenters. The summed E-state index contributed by atoms with van der Waals surface area (Å²) in [5, 5.41) is 8.23. The molecule has 0 bridgehead atoms. The van der Waals surface area contributed by atoms with Gasteiger partial charge in [0.1, 0.15) is 11.9 Å². The third-order valence-corrected chi connectivity index (χ3v) is 7.42. The molecule has 1 aliphatic rings. The molecule has 0 radical (unpaired) electrons. The molecule has 198 valence electrons. The van der Waals surface area contributed by atoms with E-state index in [-0.39, 0.29) is 30.2 Å². The highest BCUT2D eigenvalue weighted by molar-refractivity contribution is 7.99. The minimum Gasteiger partial charge on any atom is -0.343 e. The van der Waals surface area contributed by atoms with E-state index in [0.717, 1.165) is 22.3 Å². The maximum atomic E-state index is 14.0. The summed E-state index contributed by atoms with van der Waals surface area (Å²) in [5.74, 6) is -0.424. The number of carbonyl (C=O) groups is 3. The Kier molecular flexibility index (Phi) is 9.02. The SMILES string of the molecule is CCCC(=O)N[C@@H]1CSc2cc(F)ccc2N(Cc2ccc(-c3ccccc3CNC(=O)NC)cc2)C1=O. The molecular formula is C29H31FN4O3S. The first-order valence-electron chi connectivity index (χ1n) is 12.6. The molecule has 0 fully saturated rings. The summed E-state index contributed by atoms with van der Waals surface area (Å²) in [5.41, 5.74) is 4.47. The van der Waals surface area contributed by atoms with Gasteiger partial charge in [-0.15, -0.1) is 11.8 Å². The van der Waals surface area contributed by atoms with Gasteiger partial charge in [-0.1, -0.05) is 55.5 Å². The third kappa shape index (κ3) is 6.52. The summed E-state index contributed by atoms with van der Waals surface area (Å²) in [7, 11) is 1.57. The summed E-state index contributed by atoms with van der Waals surface area (Å²) in [6, 6.07) is 19.2. The van der Waals surface area contributed by atoms with Crippen molar-refractivity contribution in [3.05, 3.63) is 83.7 Å². The van der Waals surface area contributed by atoms with Crippen molar-refractivity contribution in [3.8, 4) is 11.1 Å². The van der Waals surface area contributed by atoms with Gasteiger partial charge < -0.3 is 20.9 Å². The van der Waals surface area contributed by atoms with E-state index in [4.69, 9.17) is 0 Å². The smallest absolute Gasteiger partial charge is 0.314 e. The highest BCUT2D eigenvalue weighted by Gasteiger charge is 2.32. The lowest BCUT2D eigenvalue weighted by atomic mass is 9.98. The highest BCUT2D eigenvalue weighted by Crippen LogP contribution is 2.36. The van der Waals surface area contributed by atoms with Gasteiger partial charge >= 0.3 is 6.03 Å². The van der Waals surface area contributed by atoms with Crippen molar-refractivity contribution in [2.75, 3.05) is 17.7 Å². The van der Waals surface area contributed by atoms with Crippen LogP contribution in [-0.4, -0.2) is 36.7 Å². The molecule has 4 amide bonds. The number of fused-ring (bicyclic) bond motifs is 1. The van der Waals surface area contributed by atoms with Gasteiger partial charge in [0.25, 0.3) is 5.91 Å². The molecule has 9 heteroatoms. The average Bonchev–Trinajstić information content (AvgIpc) is 3.04. The van der Waals surface area contributed by atoms with Crippen LogP contribution in [-0.2, 0) is 22.7 Å². The maximum Gasteiger partial charge on any atom is 0.314 e. The van der Waals surface area contributed by atoms with E-state index in [9.17, 15) is 18.8 Å². The Morgan fingerprint density at radius 1 is 1.08 bits per heavy atom. The number of thioether (sulfide) groups is 1. The van der Waals surface area contributed by atoms with Crippen LogP contribution in [0.1, 0.15) is 30.9 Å². The van der Waals surface area contributed by atoms with Crippen molar-refractivity contribution in [1.82, 2.24) is 16.0 Å². The van der Waals surface area contributed by atoms with Crippen molar-refractivity contribution < 1.29 is 18.8 Å². The first-order valence-corrected chi connectivity index (χ1v) is 13.5. The molecule has 1 atom stereocenters. The second-order valence-corrected chi connectivity index (χ2v) is 10.1. The molecule has 0 aliphatic carbocycles. The number of hydrogen-bond donors (Lipinski definition) is 3. The van der Waals surface area contributed by atoms with Crippen molar-refractivity contribution in [3.63, 3.8) is 0 Å². The largest absolute Gasteiger partial charge is 0.343 e. The van der Waals surface area contributed by atoms with Crippen LogP contribution in [0.5, 0.6) is 0 Å². The fourth-order valence-corrected chi connectivity index (χ4v) is 5.42. The lowest BCUT2D eigenvalue weighted by Crippen LogP contribution is -2.49. The van der Waals surface area contributed by atoms with Gasteiger partial charge in [0.2, 0.25) is 5.91 Å². The van der Waals surface area contributed by atoms with Crippen molar-refractivity contribution in [2.45, 2.75) is 43.8 Å². The van der Waals surface area contributed by atoms with E-state index in [2.05, 4.69) is 16.0 Å². The van der Waals surface area contributed by atoms with Crippen LogP contribution in [0.4, 0.5) is 14.9 Å². The lowest BCUT2D eigenvalue weighted by molar-refractivity contribution is -0.127. The molecule has 3 N–H and O–H groups in total. The first kappa shape index (κ1) is 27.2. The van der Waals surface area contributed by atoms with Crippen LogP contribution in [0.3, 0.4) is 0 Å². The number of nitrogens with one attached hydrogen (secondary N) is 3. The molecule has 38 heavy (non-hydrogen) atoms. The number of halogens is 1. The van der Waals surface area contributed by atoms with Crippen LogP contribution in [0, 0.1) is 5.82 Å². The molecule has 0 spiro atoms. The second kappa shape index (κ2) is 12.6. The Labute approximate surface area is 226 Å². The van der Waals surface area contributed by atoms with Gasteiger partial charge in [0.15, 0.2) is 0 Å². The summed E-state index contributed by atoms with van der Waals surface area (Å²) < 4.78 is 14.0. The quantitative estimate of drug-likeness (QED) is 0.386. The second-order valence-electron chi connectivity index (χ2n) is 9.00. The van der Waals surface area contributed by atoms with Crippen molar-refractivity contribution in [2.24, 2.45) is 0 Å². The minimum atomic E-state index is -0.700. The van der Waals surface area contributed by atoms with E-state index in [1.807, 2.05) is 55.5 Å². The van der Waals surface area contributed by atoms with E-state index in [1.165, 1.54) is 23.9 Å². The number of nitrogens with zero attached hydrogens (tertiary/aromatic N) is 1. The van der Waals surface area contributed by atoms with Gasteiger partial charge in [-0.25, -0.2) is 9.18 Å². The minimum absolute atomic E-state index is 0.169. The summed E-state index contributed by atoms with van der Waals surface area (Å²) in [6.07, 6.45) is 1.03. The van der Waals surface area contributed by atoms with Crippen LogP contribution in [0.25, 0.3) is 11.1 Å². The monoisotopic (exact) mass is 534 g/mol. The predicted molar refractivity (Wildman–Crippen MR) is 148 cm³/mol. The van der Waals surface area contributed by atoms with Crippen LogP contribution >= 0.6 is 11.8 Å². The molecule has 7 nitrogen and oxygen atoms in total. The molecule has 3 aromatic carbocycles. The number of anilines is 1. The van der Waals surface area contributed by atoms with E-state index < -0.39 is 6.04 Å². The zero-order valence-corrected chi connectivity index (χ0v) is 22.2. The topological polar surface area (TPSA) is 90.5 Å². The van der Waals surface area contributed by atoms with Gasteiger partial charge in [0, 0.05) is 30.7 Å². The van der Waals surface area contributed by atoms with Gasteiger partial charge in [0.05, 0.1) is 12.2 Å². The molecule has 0 saturated carbocycles. The van der Waals surface area contributed by atoms with E-state index in [1.54, 1.807) is 18.0 Å². The Balaban J connectivity index is 1.58. The summed E-state index contributed by atoms with van der Waals surface area (Å²) in [4.78, 5) is 39.8. The number of carbonyl (C=O) groups excluding carboxylic acids is 3. The zero-order valence-electron chi connectivity index (χ0n) is 21.4. The Morgan fingerprint density at radius 2 is 1.84 bits per heavy atom. The van der Waals surface area contributed by atoms with E-state index >= 15 is 0 Å². The van der Waals surface area contributed by atoms with Crippen LogP contribution < -0.4 is 20.9 Å². The lowest BCUT2D eigenvalue weighted by Gasteiger charge is -2.26. The van der Waals surface area contributed by atoms with Crippen LogP contribution in [0.2, 0.25) is 0 Å². The standard InChI is InChI=1S/C29H31FN4O3S/c1-3-6-27(35)33-24-18-38-26-15-22(30)13-14-25(26)34(28(24)36)17-19-9-11-20(12-10-19)23-8-5-4-7-21(23)16-32-29(37)31-2/h4-5,7-15,24H,3,6,16-18H2,1-2H3,(H,33,35)(H2,31,32,37)/t24-/m1/s1. The number of amides is 4. The zero-order chi connectivity index (χ0) is 27.1. The van der Waals surface area contributed by atoms with Gasteiger partial charge in [-0.3, -0.25) is 9.59 Å². The molecule has 1 aliphatic heterocycles. The Morgan fingerprint density at radius 3 is 2.58 bits per heavy atom. The Bertz CT molecular complexity index is 1320. The number of urea groups is 1. The van der Waals surface area contributed by atoms with E-state index in [0.29, 0.717) is 35.7 Å². The Hall–Kier alpha value is -3.85.